The van der Waals surface area contributed by atoms with Crippen molar-refractivity contribution in [1.29, 1.82) is 0 Å². The molecule has 4 rings (SSSR count). The van der Waals surface area contributed by atoms with Crippen molar-refractivity contribution in [1.82, 2.24) is 39.2 Å². The lowest BCUT2D eigenvalue weighted by molar-refractivity contribution is 0.111. The van der Waals surface area contributed by atoms with Crippen LogP contribution < -0.4 is 0 Å². The summed E-state index contributed by atoms with van der Waals surface area (Å²) in [5.41, 5.74) is 0. The quantitative estimate of drug-likeness (QED) is 0.615. The maximum absolute atomic E-state index is 12.8. The Morgan fingerprint density at radius 3 is 1.04 bits per heavy atom. The highest BCUT2D eigenvalue weighted by Crippen LogP contribution is 2.34. The number of fused-ring (bicyclic) bond motifs is 2. The second-order valence-electron chi connectivity index (χ2n) is 7.84. The molecule has 4 atom stereocenters. The molecule has 4 saturated heterocycles. The fourth-order valence-electron chi connectivity index (χ4n) is 4.94. The Morgan fingerprint density at radius 2 is 0.714 bits per heavy atom. The molecule has 8 amide bonds. The summed E-state index contributed by atoms with van der Waals surface area (Å²) in [4.78, 5) is 62.7. The van der Waals surface area contributed by atoms with Crippen LogP contribution in [0.3, 0.4) is 0 Å². The molecule has 0 aliphatic carbocycles. The number of amides is 8. The number of nitrogens with zero attached hydrogens (tertiary/aromatic N) is 8. The lowest BCUT2D eigenvalue weighted by atomic mass is 10.3. The van der Waals surface area contributed by atoms with Crippen molar-refractivity contribution in [2.75, 3.05) is 55.4 Å². The highest BCUT2D eigenvalue weighted by Gasteiger charge is 2.58. The Kier molecular flexibility index (Phi) is 3.81. The molecule has 0 N–H and O–H groups in total. The second-order valence-corrected chi connectivity index (χ2v) is 7.84. The van der Waals surface area contributed by atoms with Crippen molar-refractivity contribution in [2.45, 2.75) is 24.7 Å². The lowest BCUT2D eigenvalue weighted by Gasteiger charge is -2.31. The zero-order chi connectivity index (χ0) is 20.7. The molecule has 4 fully saturated rings. The fraction of sp³-hybridized carbons (Fsp3) is 0.750. The molecule has 4 aliphatic rings. The van der Waals surface area contributed by atoms with Crippen molar-refractivity contribution in [3.63, 3.8) is 0 Å². The minimum absolute atomic E-state index is 0.154. The topological polar surface area (TPSA) is 94.2 Å². The van der Waals surface area contributed by atoms with Gasteiger partial charge in [-0.3, -0.25) is 9.80 Å². The molecule has 4 aliphatic heterocycles. The van der Waals surface area contributed by atoms with E-state index >= 15 is 0 Å². The van der Waals surface area contributed by atoms with Gasteiger partial charge in [-0.2, -0.15) is 0 Å². The number of carbonyl (C=O) groups is 4. The monoisotopic (exact) mass is 394 g/mol. The summed E-state index contributed by atoms with van der Waals surface area (Å²) in [5.74, 6) is 0. The number of urea groups is 4. The van der Waals surface area contributed by atoms with Gasteiger partial charge in [0.25, 0.3) is 0 Å². The van der Waals surface area contributed by atoms with Gasteiger partial charge in [0.05, 0.1) is 0 Å². The van der Waals surface area contributed by atoms with Crippen molar-refractivity contribution in [3.05, 3.63) is 0 Å². The van der Waals surface area contributed by atoms with Gasteiger partial charge in [-0.1, -0.05) is 0 Å². The van der Waals surface area contributed by atoms with Crippen LogP contribution in [0, 0.1) is 0 Å². The zero-order valence-corrected chi connectivity index (χ0v) is 16.9. The van der Waals surface area contributed by atoms with Gasteiger partial charge in [0.2, 0.25) is 0 Å². The fourth-order valence-corrected chi connectivity index (χ4v) is 4.94. The summed E-state index contributed by atoms with van der Waals surface area (Å²) in [5, 5.41) is 0. The predicted molar refractivity (Wildman–Crippen MR) is 96.7 cm³/mol. The molecule has 0 radical (unpaired) electrons. The standard InChI is InChI=1S/C16H26N8O4/c1-17-9-11(21(5)13(17)25)23(15(27)19(9)3)7-8-24-12-10(20(4)16(24)28)18(2)14(26)22(12)6/h9-12H,7-8H2,1-6H3. The van der Waals surface area contributed by atoms with Gasteiger partial charge < -0.3 is 29.4 Å². The number of rotatable bonds is 3. The van der Waals surface area contributed by atoms with Gasteiger partial charge in [0.1, 0.15) is 24.7 Å². The number of hydrogen-bond acceptors (Lipinski definition) is 4. The van der Waals surface area contributed by atoms with E-state index in [0.717, 1.165) is 0 Å². The number of hydrogen-bond donors (Lipinski definition) is 0. The first-order chi connectivity index (χ1) is 13.1. The smallest absolute Gasteiger partial charge is 0.303 e. The van der Waals surface area contributed by atoms with E-state index in [1.807, 2.05) is 0 Å². The van der Waals surface area contributed by atoms with E-state index in [4.69, 9.17) is 0 Å². The summed E-state index contributed by atoms with van der Waals surface area (Å²) in [7, 11) is 10.0. The largest absolute Gasteiger partial charge is 0.323 e. The third kappa shape index (κ3) is 2.05. The molecular formula is C16H26N8O4. The summed E-state index contributed by atoms with van der Waals surface area (Å²) in [6, 6.07) is -0.685. The van der Waals surface area contributed by atoms with Gasteiger partial charge in [0.15, 0.2) is 0 Å². The van der Waals surface area contributed by atoms with Gasteiger partial charge in [-0.15, -0.1) is 0 Å². The molecule has 4 heterocycles. The lowest BCUT2D eigenvalue weighted by Crippen LogP contribution is -2.51. The molecule has 4 unspecified atom stereocenters. The summed E-state index contributed by atoms with van der Waals surface area (Å²) < 4.78 is 0. The molecule has 28 heavy (non-hydrogen) atoms. The average molecular weight is 394 g/mol. The molecular weight excluding hydrogens is 368 g/mol. The Morgan fingerprint density at radius 1 is 0.464 bits per heavy atom. The third-order valence-electron chi connectivity index (χ3n) is 6.44. The summed E-state index contributed by atoms with van der Waals surface area (Å²) in [6.45, 7) is 0.536. The Labute approximate surface area is 163 Å². The van der Waals surface area contributed by atoms with Crippen LogP contribution in [0.1, 0.15) is 0 Å². The van der Waals surface area contributed by atoms with Crippen LogP contribution >= 0.6 is 0 Å². The van der Waals surface area contributed by atoms with Crippen molar-refractivity contribution in [3.8, 4) is 0 Å². The van der Waals surface area contributed by atoms with Crippen LogP contribution in [0.4, 0.5) is 19.2 Å². The summed E-state index contributed by atoms with van der Waals surface area (Å²) in [6.07, 6.45) is -1.55. The van der Waals surface area contributed by atoms with Crippen LogP contribution in [-0.2, 0) is 0 Å². The first-order valence-corrected chi connectivity index (χ1v) is 9.15. The Hall–Kier alpha value is -2.92. The van der Waals surface area contributed by atoms with Crippen LogP contribution in [0.5, 0.6) is 0 Å². The van der Waals surface area contributed by atoms with E-state index in [1.54, 1.807) is 81.5 Å². The molecule has 0 bridgehead atoms. The number of carbonyl (C=O) groups excluding carboxylic acids is 4. The van der Waals surface area contributed by atoms with Gasteiger partial charge in [-0.05, 0) is 0 Å². The Bertz CT molecular complexity index is 699. The SMILES string of the molecule is CN1C(=O)N(C)C2C1N(C)C(=O)N2CCN1C(=O)N(C)C2C1N(C)C(=O)N2C. The highest BCUT2D eigenvalue weighted by atomic mass is 16.2. The predicted octanol–water partition coefficient (Wildman–Crippen LogP) is -0.980. The van der Waals surface area contributed by atoms with E-state index < -0.39 is 12.3 Å². The second kappa shape index (κ2) is 5.79. The van der Waals surface area contributed by atoms with E-state index in [9.17, 15) is 19.2 Å². The van der Waals surface area contributed by atoms with Crippen LogP contribution in [0.2, 0.25) is 0 Å². The minimum atomic E-state index is -0.410. The average Bonchev–Trinajstić information content (AvgIpc) is 3.23. The molecule has 0 aromatic rings. The first kappa shape index (κ1) is 18.4. The molecule has 0 aromatic carbocycles. The molecule has 0 aromatic heterocycles. The van der Waals surface area contributed by atoms with Crippen LogP contribution in [0.25, 0.3) is 0 Å². The molecule has 12 heteroatoms. The van der Waals surface area contributed by atoms with E-state index in [-0.39, 0.29) is 49.5 Å². The molecule has 154 valence electrons. The van der Waals surface area contributed by atoms with Gasteiger partial charge in [-0.25, -0.2) is 19.2 Å². The van der Waals surface area contributed by atoms with Gasteiger partial charge in [0, 0.05) is 55.4 Å². The van der Waals surface area contributed by atoms with Gasteiger partial charge >= 0.3 is 24.1 Å². The molecule has 0 saturated carbocycles. The van der Waals surface area contributed by atoms with Crippen LogP contribution in [0.15, 0.2) is 0 Å². The van der Waals surface area contributed by atoms with Crippen molar-refractivity contribution in [2.24, 2.45) is 0 Å². The maximum Gasteiger partial charge on any atom is 0.323 e. The summed E-state index contributed by atoms with van der Waals surface area (Å²) >= 11 is 0. The maximum atomic E-state index is 12.8. The zero-order valence-electron chi connectivity index (χ0n) is 16.9. The van der Waals surface area contributed by atoms with Crippen LogP contribution in [-0.4, -0.2) is 143 Å². The minimum Gasteiger partial charge on any atom is -0.303 e. The van der Waals surface area contributed by atoms with E-state index in [0.29, 0.717) is 0 Å². The molecule has 12 nitrogen and oxygen atoms in total. The Balaban J connectivity index is 1.54. The normalized spacial score (nSPS) is 32.6. The highest BCUT2D eigenvalue weighted by molar-refractivity contribution is 5.86. The third-order valence-corrected chi connectivity index (χ3v) is 6.44. The number of likely N-dealkylation sites (N-methyl/N-ethyl adjacent to an activating group) is 6. The molecule has 0 spiro atoms. The van der Waals surface area contributed by atoms with Crippen molar-refractivity contribution < 1.29 is 19.2 Å². The first-order valence-electron chi connectivity index (χ1n) is 9.15. The van der Waals surface area contributed by atoms with Crippen molar-refractivity contribution >= 4 is 24.1 Å². The van der Waals surface area contributed by atoms with E-state index in [1.165, 1.54) is 0 Å². The van der Waals surface area contributed by atoms with E-state index in [2.05, 4.69) is 0 Å².